The summed E-state index contributed by atoms with van der Waals surface area (Å²) in [7, 11) is 0. The number of nitrogens with one attached hydrogen (secondary N) is 1. The molecule has 2 aromatic carbocycles. The Kier molecular flexibility index (Phi) is 4.35. The number of fused-ring (bicyclic) bond motifs is 1. The lowest BCUT2D eigenvalue weighted by atomic mass is 10.1. The molecule has 0 fully saturated rings. The lowest BCUT2D eigenvalue weighted by molar-refractivity contribution is 0.317. The Morgan fingerprint density at radius 3 is 2.48 bits per heavy atom. The molecule has 0 unspecified atom stereocenters. The molecule has 0 saturated carbocycles. The molecule has 0 saturated heterocycles. The van der Waals surface area contributed by atoms with Gasteiger partial charge >= 0.3 is 0 Å². The van der Waals surface area contributed by atoms with Gasteiger partial charge in [-0.25, -0.2) is 0 Å². The maximum Gasteiger partial charge on any atom is 0.138 e. The number of hydrogen-bond acceptors (Lipinski definition) is 2. The quantitative estimate of drug-likeness (QED) is 0.863. The van der Waals surface area contributed by atoms with E-state index < -0.39 is 0 Å². The van der Waals surface area contributed by atoms with Crippen LogP contribution in [0.3, 0.4) is 0 Å². The van der Waals surface area contributed by atoms with Gasteiger partial charge in [0.25, 0.3) is 0 Å². The van der Waals surface area contributed by atoms with Crippen molar-refractivity contribution < 1.29 is 4.74 Å². The van der Waals surface area contributed by atoms with Crippen LogP contribution in [0.15, 0.2) is 42.5 Å². The highest BCUT2D eigenvalue weighted by atomic mass is 35.5. The number of rotatable bonds is 5. The second-order valence-electron chi connectivity index (χ2n) is 5.51. The minimum absolute atomic E-state index is 0.445. The molecular formula is C18H20ClNO. The summed E-state index contributed by atoms with van der Waals surface area (Å²) in [6, 6.07) is 15.0. The molecule has 110 valence electrons. The summed E-state index contributed by atoms with van der Waals surface area (Å²) in [4.78, 5) is 0. The SMILES string of the molecule is CCCOc1ccc(NC2Cc3ccccc3C2)cc1Cl. The van der Waals surface area contributed by atoms with Crippen LogP contribution < -0.4 is 10.1 Å². The van der Waals surface area contributed by atoms with Gasteiger partial charge in [-0.05, 0) is 48.6 Å². The van der Waals surface area contributed by atoms with Crippen molar-refractivity contribution in [3.8, 4) is 5.75 Å². The van der Waals surface area contributed by atoms with E-state index in [2.05, 4.69) is 36.5 Å². The van der Waals surface area contributed by atoms with Crippen LogP contribution in [0, 0.1) is 0 Å². The summed E-state index contributed by atoms with van der Waals surface area (Å²) in [6.07, 6.45) is 3.13. The Labute approximate surface area is 131 Å². The average Bonchev–Trinajstić information content (AvgIpc) is 2.88. The molecule has 1 aliphatic carbocycles. The monoisotopic (exact) mass is 301 g/mol. The van der Waals surface area contributed by atoms with Crippen molar-refractivity contribution in [1.29, 1.82) is 0 Å². The van der Waals surface area contributed by atoms with Gasteiger partial charge in [0.1, 0.15) is 5.75 Å². The zero-order chi connectivity index (χ0) is 14.7. The predicted octanol–water partition coefficient (Wildman–Crippen LogP) is 4.71. The number of hydrogen-bond donors (Lipinski definition) is 1. The second-order valence-corrected chi connectivity index (χ2v) is 5.92. The molecule has 0 radical (unpaired) electrons. The number of ether oxygens (including phenoxy) is 1. The third kappa shape index (κ3) is 3.33. The smallest absolute Gasteiger partial charge is 0.138 e. The normalized spacial score (nSPS) is 14.0. The Balaban J connectivity index is 1.65. The molecule has 1 aliphatic rings. The first-order valence-electron chi connectivity index (χ1n) is 7.52. The van der Waals surface area contributed by atoms with Crippen molar-refractivity contribution in [2.75, 3.05) is 11.9 Å². The summed E-state index contributed by atoms with van der Waals surface area (Å²) >= 11 is 6.27. The zero-order valence-corrected chi connectivity index (χ0v) is 13.0. The van der Waals surface area contributed by atoms with E-state index in [1.807, 2.05) is 18.2 Å². The third-order valence-corrected chi connectivity index (χ3v) is 4.11. The first-order chi connectivity index (χ1) is 10.3. The molecule has 3 rings (SSSR count). The van der Waals surface area contributed by atoms with E-state index in [9.17, 15) is 0 Å². The molecule has 21 heavy (non-hydrogen) atoms. The molecule has 0 aromatic heterocycles. The van der Waals surface area contributed by atoms with Crippen LogP contribution in [0.2, 0.25) is 5.02 Å². The van der Waals surface area contributed by atoms with Gasteiger partial charge in [0, 0.05) is 11.7 Å². The van der Waals surface area contributed by atoms with Gasteiger partial charge in [-0.3, -0.25) is 0 Å². The van der Waals surface area contributed by atoms with Gasteiger partial charge < -0.3 is 10.1 Å². The molecule has 0 amide bonds. The van der Waals surface area contributed by atoms with Gasteiger partial charge in [-0.1, -0.05) is 42.8 Å². The highest BCUT2D eigenvalue weighted by Gasteiger charge is 2.20. The highest BCUT2D eigenvalue weighted by molar-refractivity contribution is 6.32. The zero-order valence-electron chi connectivity index (χ0n) is 12.2. The Hall–Kier alpha value is -1.67. The number of benzene rings is 2. The van der Waals surface area contributed by atoms with Crippen LogP contribution in [-0.4, -0.2) is 12.6 Å². The molecule has 2 nitrogen and oxygen atoms in total. The largest absolute Gasteiger partial charge is 0.492 e. The Morgan fingerprint density at radius 2 is 1.86 bits per heavy atom. The van der Waals surface area contributed by atoms with Crippen LogP contribution in [-0.2, 0) is 12.8 Å². The van der Waals surface area contributed by atoms with Crippen LogP contribution >= 0.6 is 11.6 Å². The maximum absolute atomic E-state index is 6.27. The topological polar surface area (TPSA) is 21.3 Å². The number of anilines is 1. The van der Waals surface area contributed by atoms with Crippen LogP contribution in [0.25, 0.3) is 0 Å². The fourth-order valence-corrected chi connectivity index (χ4v) is 3.05. The van der Waals surface area contributed by atoms with E-state index in [0.29, 0.717) is 17.7 Å². The lowest BCUT2D eigenvalue weighted by Gasteiger charge is -2.15. The van der Waals surface area contributed by atoms with Crippen LogP contribution in [0.1, 0.15) is 24.5 Å². The molecule has 0 aliphatic heterocycles. The van der Waals surface area contributed by atoms with E-state index in [1.54, 1.807) is 0 Å². The molecule has 0 heterocycles. The summed E-state index contributed by atoms with van der Waals surface area (Å²) in [6.45, 7) is 2.78. The molecule has 0 bridgehead atoms. The molecule has 1 N–H and O–H groups in total. The fraction of sp³-hybridized carbons (Fsp3) is 0.333. The predicted molar refractivity (Wildman–Crippen MR) is 88.5 cm³/mol. The van der Waals surface area contributed by atoms with Gasteiger partial charge in [0.15, 0.2) is 0 Å². The number of halogens is 1. The third-order valence-electron chi connectivity index (χ3n) is 3.82. The molecule has 0 spiro atoms. The first kappa shape index (κ1) is 14.3. The summed E-state index contributed by atoms with van der Waals surface area (Å²) in [5.74, 6) is 0.763. The summed E-state index contributed by atoms with van der Waals surface area (Å²) in [5, 5.41) is 4.24. The maximum atomic E-state index is 6.27. The van der Waals surface area contributed by atoms with E-state index in [0.717, 1.165) is 30.7 Å². The van der Waals surface area contributed by atoms with Gasteiger partial charge in [0.2, 0.25) is 0 Å². The second kappa shape index (κ2) is 6.40. The first-order valence-corrected chi connectivity index (χ1v) is 7.89. The van der Waals surface area contributed by atoms with Crippen LogP contribution in [0.4, 0.5) is 5.69 Å². The Morgan fingerprint density at radius 1 is 1.14 bits per heavy atom. The van der Waals surface area contributed by atoms with E-state index in [-0.39, 0.29) is 0 Å². The summed E-state index contributed by atoms with van der Waals surface area (Å²) in [5.41, 5.74) is 3.95. The van der Waals surface area contributed by atoms with Crippen molar-refractivity contribution in [1.82, 2.24) is 0 Å². The van der Waals surface area contributed by atoms with Crippen molar-refractivity contribution in [2.45, 2.75) is 32.2 Å². The summed E-state index contributed by atoms with van der Waals surface area (Å²) < 4.78 is 5.60. The van der Waals surface area contributed by atoms with Crippen LogP contribution in [0.5, 0.6) is 5.75 Å². The lowest BCUT2D eigenvalue weighted by Crippen LogP contribution is -2.19. The van der Waals surface area contributed by atoms with Gasteiger partial charge in [-0.15, -0.1) is 0 Å². The fourth-order valence-electron chi connectivity index (χ4n) is 2.82. The Bertz CT molecular complexity index is 601. The molecule has 3 heteroatoms. The van der Waals surface area contributed by atoms with Crippen molar-refractivity contribution in [3.05, 3.63) is 58.6 Å². The van der Waals surface area contributed by atoms with E-state index >= 15 is 0 Å². The minimum Gasteiger partial charge on any atom is -0.492 e. The van der Waals surface area contributed by atoms with Gasteiger partial charge in [0.05, 0.1) is 11.6 Å². The minimum atomic E-state index is 0.445. The van der Waals surface area contributed by atoms with E-state index in [4.69, 9.17) is 16.3 Å². The van der Waals surface area contributed by atoms with E-state index in [1.165, 1.54) is 11.1 Å². The van der Waals surface area contributed by atoms with Gasteiger partial charge in [-0.2, -0.15) is 0 Å². The average molecular weight is 302 g/mol. The van der Waals surface area contributed by atoms with Crippen molar-refractivity contribution in [3.63, 3.8) is 0 Å². The van der Waals surface area contributed by atoms with Crippen molar-refractivity contribution >= 4 is 17.3 Å². The molecular weight excluding hydrogens is 282 g/mol. The molecule has 2 aromatic rings. The standard InChI is InChI=1S/C18H20ClNO/c1-2-9-21-18-8-7-15(12-17(18)19)20-16-10-13-5-3-4-6-14(13)11-16/h3-8,12,16,20H,2,9-11H2,1H3. The van der Waals surface area contributed by atoms with Crippen molar-refractivity contribution in [2.24, 2.45) is 0 Å². The highest BCUT2D eigenvalue weighted by Crippen LogP contribution is 2.30. The molecule has 0 atom stereocenters.